The molecule has 1 fully saturated rings. The Morgan fingerprint density at radius 3 is 2.78 bits per heavy atom. The van der Waals surface area contributed by atoms with E-state index < -0.39 is 0 Å². The van der Waals surface area contributed by atoms with Crippen LogP contribution in [0.1, 0.15) is 38.7 Å². The highest BCUT2D eigenvalue weighted by atomic mass is 32.1. The summed E-state index contributed by atoms with van der Waals surface area (Å²) >= 11 is 1.75. The first-order valence-corrected chi connectivity index (χ1v) is 9.90. The molecule has 1 N–H and O–H groups in total. The molecule has 0 unspecified atom stereocenters. The van der Waals surface area contributed by atoms with Gasteiger partial charge in [0.25, 0.3) is 0 Å². The maximum Gasteiger partial charge on any atom is 0.193 e. The molecule has 0 amide bonds. The van der Waals surface area contributed by atoms with Crippen molar-refractivity contribution in [1.82, 2.24) is 15.1 Å². The van der Waals surface area contributed by atoms with Crippen molar-refractivity contribution < 1.29 is 0 Å². The van der Waals surface area contributed by atoms with Crippen molar-refractivity contribution in [2.75, 3.05) is 39.8 Å². The van der Waals surface area contributed by atoms with Gasteiger partial charge in [-0.3, -0.25) is 4.99 Å². The fourth-order valence-corrected chi connectivity index (χ4v) is 3.81. The molecule has 1 saturated heterocycles. The normalized spacial score (nSPS) is 17.4. The van der Waals surface area contributed by atoms with E-state index in [1.54, 1.807) is 11.3 Å². The Bertz CT molecular complexity index is 450. The number of aliphatic imine (C=N–C) groups is 1. The van der Waals surface area contributed by atoms with Crippen molar-refractivity contribution in [2.45, 2.75) is 39.7 Å². The first-order valence-electron chi connectivity index (χ1n) is 8.95. The maximum atomic E-state index is 4.85. The number of rotatable bonds is 7. The number of piperidine rings is 1. The average molecular weight is 337 g/mol. The highest BCUT2D eigenvalue weighted by molar-refractivity contribution is 7.07. The lowest BCUT2D eigenvalue weighted by Gasteiger charge is -2.30. The van der Waals surface area contributed by atoms with Gasteiger partial charge >= 0.3 is 0 Å². The van der Waals surface area contributed by atoms with Crippen LogP contribution in [0.2, 0.25) is 0 Å². The Balaban J connectivity index is 1.79. The maximum absolute atomic E-state index is 4.85. The summed E-state index contributed by atoms with van der Waals surface area (Å²) in [7, 11) is 2.12. The number of hydrogen-bond donors (Lipinski definition) is 1. The number of hydrogen-bond acceptors (Lipinski definition) is 3. The van der Waals surface area contributed by atoms with Gasteiger partial charge in [-0.2, -0.15) is 11.3 Å². The number of thiophene rings is 1. The molecular weight excluding hydrogens is 304 g/mol. The first kappa shape index (κ1) is 18.3. The third-order valence-corrected chi connectivity index (χ3v) is 5.38. The Morgan fingerprint density at radius 2 is 2.17 bits per heavy atom. The lowest BCUT2D eigenvalue weighted by atomic mass is 9.94. The smallest absolute Gasteiger partial charge is 0.193 e. The molecule has 2 rings (SSSR count). The molecule has 5 heteroatoms. The van der Waals surface area contributed by atoms with Crippen molar-refractivity contribution in [3.63, 3.8) is 0 Å². The van der Waals surface area contributed by atoms with Gasteiger partial charge in [0.2, 0.25) is 0 Å². The van der Waals surface area contributed by atoms with Crippen LogP contribution in [-0.4, -0.2) is 55.5 Å². The zero-order valence-corrected chi connectivity index (χ0v) is 15.7. The summed E-state index contributed by atoms with van der Waals surface area (Å²) in [6.07, 6.45) is 3.90. The van der Waals surface area contributed by atoms with E-state index in [0.29, 0.717) is 0 Å². The van der Waals surface area contributed by atoms with Crippen LogP contribution in [0.3, 0.4) is 0 Å². The molecule has 1 aliphatic rings. The van der Waals surface area contributed by atoms with E-state index in [1.807, 2.05) is 0 Å². The van der Waals surface area contributed by atoms with Gasteiger partial charge in [-0.1, -0.05) is 6.92 Å². The Morgan fingerprint density at radius 1 is 1.39 bits per heavy atom. The number of likely N-dealkylation sites (tertiary alicyclic amines) is 1. The van der Waals surface area contributed by atoms with Crippen molar-refractivity contribution >= 4 is 17.3 Å². The van der Waals surface area contributed by atoms with Gasteiger partial charge in [-0.05, 0) is 74.1 Å². The van der Waals surface area contributed by atoms with Crippen LogP contribution < -0.4 is 5.32 Å². The van der Waals surface area contributed by atoms with E-state index >= 15 is 0 Å². The molecule has 1 aromatic heterocycles. The molecule has 0 aromatic carbocycles. The molecule has 130 valence electrons. The first-order chi connectivity index (χ1) is 11.2. The van der Waals surface area contributed by atoms with E-state index in [-0.39, 0.29) is 0 Å². The van der Waals surface area contributed by atoms with E-state index in [0.717, 1.165) is 31.5 Å². The molecule has 0 aliphatic carbocycles. The van der Waals surface area contributed by atoms with Gasteiger partial charge in [-0.15, -0.1) is 0 Å². The van der Waals surface area contributed by atoms with Crippen molar-refractivity contribution in [3.8, 4) is 0 Å². The van der Waals surface area contributed by atoms with Crippen molar-refractivity contribution in [1.29, 1.82) is 0 Å². The van der Waals surface area contributed by atoms with Gasteiger partial charge < -0.3 is 15.1 Å². The number of guanidine groups is 1. The van der Waals surface area contributed by atoms with Crippen LogP contribution in [0.15, 0.2) is 21.8 Å². The second-order valence-electron chi connectivity index (χ2n) is 6.39. The van der Waals surface area contributed by atoms with E-state index in [4.69, 9.17) is 4.99 Å². The summed E-state index contributed by atoms with van der Waals surface area (Å²) in [5, 5.41) is 7.76. The second kappa shape index (κ2) is 9.93. The minimum Gasteiger partial charge on any atom is -0.357 e. The molecule has 0 atom stereocenters. The quantitative estimate of drug-likeness (QED) is 0.612. The largest absolute Gasteiger partial charge is 0.357 e. The zero-order chi connectivity index (χ0) is 16.5. The second-order valence-corrected chi connectivity index (χ2v) is 7.17. The third-order valence-electron chi connectivity index (χ3n) is 4.65. The summed E-state index contributed by atoms with van der Waals surface area (Å²) < 4.78 is 0. The van der Waals surface area contributed by atoms with Crippen LogP contribution in [0, 0.1) is 5.92 Å². The van der Waals surface area contributed by atoms with Gasteiger partial charge in [0.1, 0.15) is 0 Å². The molecule has 0 saturated carbocycles. The molecule has 23 heavy (non-hydrogen) atoms. The van der Waals surface area contributed by atoms with E-state index in [9.17, 15) is 0 Å². The SMILES string of the molecule is CCNC(=NCCC1CCN(CC)CC1)N(C)Cc1ccsc1. The highest BCUT2D eigenvalue weighted by Crippen LogP contribution is 2.20. The van der Waals surface area contributed by atoms with Crippen LogP contribution in [0.4, 0.5) is 0 Å². The van der Waals surface area contributed by atoms with Gasteiger partial charge in [0, 0.05) is 26.7 Å². The number of nitrogens with zero attached hydrogens (tertiary/aromatic N) is 3. The van der Waals surface area contributed by atoms with E-state index in [1.165, 1.54) is 44.5 Å². The molecule has 1 aliphatic heterocycles. The number of nitrogens with one attached hydrogen (secondary N) is 1. The van der Waals surface area contributed by atoms with Gasteiger partial charge in [0.05, 0.1) is 0 Å². The summed E-state index contributed by atoms with van der Waals surface area (Å²) in [4.78, 5) is 9.63. The Kier molecular flexibility index (Phi) is 7.89. The molecule has 0 bridgehead atoms. The summed E-state index contributed by atoms with van der Waals surface area (Å²) in [6, 6.07) is 2.19. The fourth-order valence-electron chi connectivity index (χ4n) is 3.15. The predicted octanol–water partition coefficient (Wildman–Crippen LogP) is 3.27. The molecule has 0 spiro atoms. The molecular formula is C18H32N4S. The van der Waals surface area contributed by atoms with Crippen LogP contribution in [0.5, 0.6) is 0 Å². The predicted molar refractivity (Wildman–Crippen MR) is 101 cm³/mol. The minimum absolute atomic E-state index is 0.853. The lowest BCUT2D eigenvalue weighted by Crippen LogP contribution is -2.38. The van der Waals surface area contributed by atoms with Crippen molar-refractivity contribution in [2.24, 2.45) is 10.9 Å². The van der Waals surface area contributed by atoms with Gasteiger partial charge in [0.15, 0.2) is 5.96 Å². The third kappa shape index (κ3) is 6.15. The fraction of sp³-hybridized carbons (Fsp3) is 0.722. The monoisotopic (exact) mass is 336 g/mol. The summed E-state index contributed by atoms with van der Waals surface area (Å²) in [5.41, 5.74) is 1.36. The highest BCUT2D eigenvalue weighted by Gasteiger charge is 2.17. The Hall–Kier alpha value is -1.07. The average Bonchev–Trinajstić information content (AvgIpc) is 3.07. The van der Waals surface area contributed by atoms with E-state index in [2.05, 4.69) is 52.8 Å². The topological polar surface area (TPSA) is 30.9 Å². The molecule has 2 heterocycles. The molecule has 1 aromatic rings. The Labute approximate surface area is 145 Å². The minimum atomic E-state index is 0.853. The standard InChI is InChI=1S/C18H32N4S/c1-4-19-18(21(3)14-17-9-13-23-15-17)20-10-6-16-7-11-22(5-2)12-8-16/h9,13,15-16H,4-8,10-12,14H2,1-3H3,(H,19,20). The molecule has 0 radical (unpaired) electrons. The zero-order valence-electron chi connectivity index (χ0n) is 14.9. The van der Waals surface area contributed by atoms with Crippen LogP contribution in [0.25, 0.3) is 0 Å². The summed E-state index contributed by atoms with van der Waals surface area (Å²) in [6.45, 7) is 10.9. The van der Waals surface area contributed by atoms with Gasteiger partial charge in [-0.25, -0.2) is 0 Å². The van der Waals surface area contributed by atoms with Crippen molar-refractivity contribution in [3.05, 3.63) is 22.4 Å². The molecule has 4 nitrogen and oxygen atoms in total. The van der Waals surface area contributed by atoms with Crippen LogP contribution >= 0.6 is 11.3 Å². The van der Waals surface area contributed by atoms with Crippen LogP contribution in [-0.2, 0) is 6.54 Å². The lowest BCUT2D eigenvalue weighted by molar-refractivity contribution is 0.188. The summed E-state index contributed by atoms with van der Waals surface area (Å²) in [5.74, 6) is 1.89.